The molecule has 2 rings (SSSR count). The molecule has 1 aromatic rings. The lowest BCUT2D eigenvalue weighted by atomic mass is 10.1. The molecule has 1 aromatic carbocycles. The van der Waals surface area contributed by atoms with E-state index in [0.717, 1.165) is 6.54 Å². The second-order valence-electron chi connectivity index (χ2n) is 4.82. The van der Waals surface area contributed by atoms with Crippen molar-refractivity contribution in [3.05, 3.63) is 30.1 Å². The second kappa shape index (κ2) is 9.25. The van der Waals surface area contributed by atoms with Crippen molar-refractivity contribution in [2.24, 2.45) is 5.92 Å². The van der Waals surface area contributed by atoms with Gasteiger partial charge < -0.3 is 15.7 Å². The SMILES string of the molecule is Cl.O=C(CCSc1ccccc1F)NCC1CNCC1O. The van der Waals surface area contributed by atoms with Crippen LogP contribution in [-0.4, -0.2) is 42.5 Å². The smallest absolute Gasteiger partial charge is 0.220 e. The molecule has 0 spiro atoms. The maximum absolute atomic E-state index is 13.4. The van der Waals surface area contributed by atoms with Gasteiger partial charge in [-0.05, 0) is 12.1 Å². The molecule has 0 bridgehead atoms. The van der Waals surface area contributed by atoms with Gasteiger partial charge >= 0.3 is 0 Å². The first-order valence-corrected chi connectivity index (χ1v) is 7.68. The Labute approximate surface area is 134 Å². The maximum Gasteiger partial charge on any atom is 0.220 e. The molecule has 4 nitrogen and oxygen atoms in total. The van der Waals surface area contributed by atoms with Gasteiger partial charge in [0.05, 0.1) is 6.10 Å². The molecule has 1 amide bonds. The van der Waals surface area contributed by atoms with Crippen molar-refractivity contribution in [2.45, 2.75) is 17.4 Å². The van der Waals surface area contributed by atoms with Gasteiger partial charge in [0.25, 0.3) is 0 Å². The molecule has 3 N–H and O–H groups in total. The predicted molar refractivity (Wildman–Crippen MR) is 84.4 cm³/mol. The Morgan fingerprint density at radius 1 is 1.43 bits per heavy atom. The quantitative estimate of drug-likeness (QED) is 0.689. The number of carbonyl (C=O) groups is 1. The summed E-state index contributed by atoms with van der Waals surface area (Å²) in [6.07, 6.45) is -0.0435. The third kappa shape index (κ3) is 5.82. The molecule has 2 atom stereocenters. The molecular weight excluding hydrogens is 315 g/mol. The van der Waals surface area contributed by atoms with Crippen molar-refractivity contribution in [3.8, 4) is 0 Å². The summed E-state index contributed by atoms with van der Waals surface area (Å²) in [5.74, 6) is 0.308. The number of halogens is 2. The van der Waals surface area contributed by atoms with Crippen LogP contribution in [0.4, 0.5) is 4.39 Å². The summed E-state index contributed by atoms with van der Waals surface area (Å²) < 4.78 is 13.4. The molecule has 0 saturated carbocycles. The number of thioether (sulfide) groups is 1. The Bertz CT molecular complexity index is 464. The maximum atomic E-state index is 13.4. The van der Waals surface area contributed by atoms with Crippen LogP contribution < -0.4 is 10.6 Å². The summed E-state index contributed by atoms with van der Waals surface area (Å²) >= 11 is 1.34. The van der Waals surface area contributed by atoms with Gasteiger partial charge in [0.2, 0.25) is 5.91 Å². The Morgan fingerprint density at radius 2 is 2.19 bits per heavy atom. The number of aliphatic hydroxyl groups excluding tert-OH is 1. The van der Waals surface area contributed by atoms with Crippen molar-refractivity contribution < 1.29 is 14.3 Å². The first-order chi connectivity index (χ1) is 9.66. The average molecular weight is 335 g/mol. The minimum atomic E-state index is -0.386. The summed E-state index contributed by atoms with van der Waals surface area (Å²) in [5.41, 5.74) is 0. The van der Waals surface area contributed by atoms with Gasteiger partial charge in [-0.2, -0.15) is 0 Å². The monoisotopic (exact) mass is 334 g/mol. The van der Waals surface area contributed by atoms with Gasteiger partial charge in [0.1, 0.15) is 5.82 Å². The molecule has 1 saturated heterocycles. The van der Waals surface area contributed by atoms with Crippen LogP contribution >= 0.6 is 24.2 Å². The third-order valence-electron chi connectivity index (χ3n) is 3.29. The third-order valence-corrected chi connectivity index (χ3v) is 4.34. The van der Waals surface area contributed by atoms with Gasteiger partial charge in [0, 0.05) is 42.6 Å². The highest BCUT2D eigenvalue weighted by molar-refractivity contribution is 7.99. The van der Waals surface area contributed by atoms with Crippen molar-refractivity contribution in [3.63, 3.8) is 0 Å². The van der Waals surface area contributed by atoms with E-state index in [1.807, 2.05) is 0 Å². The molecule has 118 valence electrons. The first-order valence-electron chi connectivity index (χ1n) is 6.69. The Balaban J connectivity index is 0.00000220. The minimum absolute atomic E-state index is 0. The van der Waals surface area contributed by atoms with Crippen molar-refractivity contribution in [1.29, 1.82) is 0 Å². The lowest BCUT2D eigenvalue weighted by Gasteiger charge is -2.14. The Kier molecular flexibility index (Phi) is 8.03. The van der Waals surface area contributed by atoms with Crippen molar-refractivity contribution >= 4 is 30.1 Å². The largest absolute Gasteiger partial charge is 0.391 e. The zero-order valence-electron chi connectivity index (χ0n) is 11.5. The van der Waals surface area contributed by atoms with E-state index in [1.165, 1.54) is 17.8 Å². The van der Waals surface area contributed by atoms with Crippen LogP contribution in [0, 0.1) is 11.7 Å². The standard InChI is InChI=1S/C14H19FN2O2S.ClH/c15-11-3-1-2-4-13(11)20-6-5-14(19)17-8-10-7-16-9-12(10)18;/h1-4,10,12,16,18H,5-9H2,(H,17,19);1H. The van der Waals surface area contributed by atoms with Crippen LogP contribution in [0.25, 0.3) is 0 Å². The molecule has 21 heavy (non-hydrogen) atoms. The normalized spacial score (nSPS) is 20.9. The first kappa shape index (κ1) is 18.2. The zero-order chi connectivity index (χ0) is 14.4. The van der Waals surface area contributed by atoms with Crippen LogP contribution in [-0.2, 0) is 4.79 Å². The molecule has 1 aliphatic rings. The van der Waals surface area contributed by atoms with Crippen molar-refractivity contribution in [2.75, 3.05) is 25.4 Å². The lowest BCUT2D eigenvalue weighted by Crippen LogP contribution is -2.34. The number of aliphatic hydroxyl groups is 1. The van der Waals surface area contributed by atoms with Crippen molar-refractivity contribution in [1.82, 2.24) is 10.6 Å². The highest BCUT2D eigenvalue weighted by atomic mass is 35.5. The number of β-amino-alcohol motifs (C(OH)–C–C–N with tert-alkyl or cyclic N) is 1. The summed E-state index contributed by atoms with van der Waals surface area (Å²) in [7, 11) is 0. The summed E-state index contributed by atoms with van der Waals surface area (Å²) in [6.45, 7) is 1.80. The number of amides is 1. The van der Waals surface area contributed by atoms with Crippen LogP contribution in [0.1, 0.15) is 6.42 Å². The summed E-state index contributed by atoms with van der Waals surface area (Å²) in [5, 5.41) is 15.5. The molecule has 7 heteroatoms. The van der Waals surface area contributed by atoms with Gasteiger partial charge in [-0.3, -0.25) is 4.79 Å². The van der Waals surface area contributed by atoms with Crippen LogP contribution in [0.5, 0.6) is 0 Å². The number of carbonyl (C=O) groups excluding carboxylic acids is 1. The fraction of sp³-hybridized carbons (Fsp3) is 0.500. The fourth-order valence-electron chi connectivity index (χ4n) is 2.08. The van der Waals surface area contributed by atoms with E-state index in [0.29, 0.717) is 30.2 Å². The fourth-order valence-corrected chi connectivity index (χ4v) is 2.96. The molecular formula is C14H20ClFN2O2S. The van der Waals surface area contributed by atoms with Crippen LogP contribution in [0.2, 0.25) is 0 Å². The zero-order valence-corrected chi connectivity index (χ0v) is 13.2. The molecule has 0 aromatic heterocycles. The molecule has 1 fully saturated rings. The van der Waals surface area contributed by atoms with E-state index >= 15 is 0 Å². The second-order valence-corrected chi connectivity index (χ2v) is 5.96. The van der Waals surface area contributed by atoms with Gasteiger partial charge in [-0.1, -0.05) is 12.1 Å². The topological polar surface area (TPSA) is 61.4 Å². The van der Waals surface area contributed by atoms with Gasteiger partial charge in [0.15, 0.2) is 0 Å². The number of benzene rings is 1. The van der Waals surface area contributed by atoms with E-state index in [1.54, 1.807) is 18.2 Å². The Morgan fingerprint density at radius 3 is 2.86 bits per heavy atom. The molecule has 1 aliphatic heterocycles. The molecule has 0 aliphatic carbocycles. The molecule has 1 heterocycles. The number of nitrogens with one attached hydrogen (secondary N) is 2. The average Bonchev–Trinajstić information content (AvgIpc) is 2.84. The van der Waals surface area contributed by atoms with E-state index in [9.17, 15) is 14.3 Å². The highest BCUT2D eigenvalue weighted by Crippen LogP contribution is 2.21. The van der Waals surface area contributed by atoms with E-state index in [-0.39, 0.29) is 36.2 Å². The molecule has 2 unspecified atom stereocenters. The van der Waals surface area contributed by atoms with E-state index in [4.69, 9.17) is 0 Å². The van der Waals surface area contributed by atoms with Gasteiger partial charge in [-0.25, -0.2) is 4.39 Å². The minimum Gasteiger partial charge on any atom is -0.391 e. The van der Waals surface area contributed by atoms with Crippen LogP contribution in [0.3, 0.4) is 0 Å². The predicted octanol–water partition coefficient (Wildman–Crippen LogP) is 1.43. The summed E-state index contributed by atoms with van der Waals surface area (Å²) in [4.78, 5) is 12.2. The van der Waals surface area contributed by atoms with E-state index < -0.39 is 0 Å². The van der Waals surface area contributed by atoms with Gasteiger partial charge in [-0.15, -0.1) is 24.2 Å². The molecule has 0 radical (unpaired) electrons. The van der Waals surface area contributed by atoms with Crippen LogP contribution in [0.15, 0.2) is 29.2 Å². The number of rotatable bonds is 6. The Hall–Kier alpha value is -0.820. The number of hydrogen-bond acceptors (Lipinski definition) is 4. The number of hydrogen-bond donors (Lipinski definition) is 3. The van der Waals surface area contributed by atoms with E-state index in [2.05, 4.69) is 10.6 Å². The lowest BCUT2D eigenvalue weighted by molar-refractivity contribution is -0.120. The highest BCUT2D eigenvalue weighted by Gasteiger charge is 2.24. The summed E-state index contributed by atoms with van der Waals surface area (Å²) in [6, 6.07) is 6.54.